The van der Waals surface area contributed by atoms with E-state index in [9.17, 15) is 9.59 Å². The highest BCUT2D eigenvalue weighted by molar-refractivity contribution is 5.91. The minimum atomic E-state index is -0.574. The van der Waals surface area contributed by atoms with Crippen LogP contribution in [0.3, 0.4) is 0 Å². The van der Waals surface area contributed by atoms with Crippen LogP contribution in [0.1, 0.15) is 48.0 Å². The number of carbonyl (C=O) groups is 2. The van der Waals surface area contributed by atoms with Crippen LogP contribution in [-0.2, 0) is 23.7 Å². The molecule has 0 atom stereocenters. The molecule has 1 aromatic rings. The van der Waals surface area contributed by atoms with Crippen molar-refractivity contribution >= 4 is 18.0 Å². The average Bonchev–Trinajstić information content (AvgIpc) is 2.61. The van der Waals surface area contributed by atoms with Crippen LogP contribution in [0.2, 0.25) is 0 Å². The van der Waals surface area contributed by atoms with Gasteiger partial charge in [0.25, 0.3) is 0 Å². The Hall–Kier alpha value is -2.18. The lowest BCUT2D eigenvalue weighted by atomic mass is 10.0. The molecule has 24 heavy (non-hydrogen) atoms. The lowest BCUT2D eigenvalue weighted by Gasteiger charge is -2.25. The van der Waals surface area contributed by atoms with E-state index in [0.717, 1.165) is 12.0 Å². The molecular formula is C18H22O6. The zero-order valence-corrected chi connectivity index (χ0v) is 13.9. The zero-order valence-electron chi connectivity index (χ0n) is 13.9. The van der Waals surface area contributed by atoms with Gasteiger partial charge in [0.2, 0.25) is 0 Å². The minimum Gasteiger partial charge on any atom is -0.463 e. The summed E-state index contributed by atoms with van der Waals surface area (Å²) >= 11 is 0. The number of rotatable bonds is 6. The van der Waals surface area contributed by atoms with E-state index in [4.69, 9.17) is 18.9 Å². The molecule has 0 aliphatic carbocycles. The van der Waals surface area contributed by atoms with E-state index < -0.39 is 18.2 Å². The van der Waals surface area contributed by atoms with Crippen LogP contribution in [0.5, 0.6) is 0 Å². The summed E-state index contributed by atoms with van der Waals surface area (Å²) in [5, 5.41) is 0. The van der Waals surface area contributed by atoms with Crippen molar-refractivity contribution in [2.45, 2.75) is 26.6 Å². The summed E-state index contributed by atoms with van der Waals surface area (Å²) in [6.45, 7) is 5.27. The number of hydrogen-bond donors (Lipinski definition) is 0. The molecule has 0 amide bonds. The predicted octanol–water partition coefficient (Wildman–Crippen LogP) is 2.88. The van der Waals surface area contributed by atoms with Crippen molar-refractivity contribution in [1.82, 2.24) is 0 Å². The Morgan fingerprint density at radius 1 is 1.17 bits per heavy atom. The van der Waals surface area contributed by atoms with E-state index >= 15 is 0 Å². The van der Waals surface area contributed by atoms with Crippen molar-refractivity contribution in [3.63, 3.8) is 0 Å². The van der Waals surface area contributed by atoms with Crippen molar-refractivity contribution in [3.05, 3.63) is 41.0 Å². The highest BCUT2D eigenvalue weighted by atomic mass is 16.7. The summed E-state index contributed by atoms with van der Waals surface area (Å²) in [6.07, 6.45) is 3.22. The molecule has 1 heterocycles. The Bertz CT molecular complexity index is 602. The molecule has 0 aromatic heterocycles. The smallest absolute Gasteiger partial charge is 0.338 e. The first-order chi connectivity index (χ1) is 11.7. The van der Waals surface area contributed by atoms with Gasteiger partial charge in [0.05, 0.1) is 32.0 Å². The third-order valence-electron chi connectivity index (χ3n) is 3.36. The lowest BCUT2D eigenvalue weighted by Crippen LogP contribution is -2.19. The van der Waals surface area contributed by atoms with Gasteiger partial charge in [-0.15, -0.1) is 0 Å². The van der Waals surface area contributed by atoms with Crippen molar-refractivity contribution in [1.29, 1.82) is 0 Å². The largest absolute Gasteiger partial charge is 0.463 e. The molecule has 0 N–H and O–H groups in total. The highest BCUT2D eigenvalue weighted by Gasteiger charge is 2.21. The Balaban J connectivity index is 2.30. The molecule has 0 saturated carbocycles. The van der Waals surface area contributed by atoms with Crippen LogP contribution in [0.4, 0.5) is 0 Å². The molecule has 6 heteroatoms. The summed E-state index contributed by atoms with van der Waals surface area (Å²) in [5.74, 6) is -0.834. The Morgan fingerprint density at radius 3 is 2.54 bits per heavy atom. The third kappa shape index (κ3) is 4.91. The number of ether oxygens (including phenoxy) is 4. The SMILES string of the molecule is CCOC(=O)C=Cc1ccc(C(=O)OCC)cc1C1OCCCO1. The number of esters is 2. The second kappa shape index (κ2) is 9.20. The fraction of sp³-hybridized carbons (Fsp3) is 0.444. The topological polar surface area (TPSA) is 71.1 Å². The first-order valence-corrected chi connectivity index (χ1v) is 8.04. The molecule has 0 radical (unpaired) electrons. The summed E-state index contributed by atoms with van der Waals surface area (Å²) in [5.41, 5.74) is 1.82. The Labute approximate surface area is 141 Å². The quantitative estimate of drug-likeness (QED) is 0.588. The second-order valence-electron chi connectivity index (χ2n) is 5.08. The van der Waals surface area contributed by atoms with Crippen molar-refractivity contribution in [2.75, 3.05) is 26.4 Å². The van der Waals surface area contributed by atoms with Crippen molar-refractivity contribution in [3.8, 4) is 0 Å². The summed E-state index contributed by atoms with van der Waals surface area (Å²) in [6, 6.07) is 5.06. The van der Waals surface area contributed by atoms with Crippen LogP contribution in [0, 0.1) is 0 Å². The number of carbonyl (C=O) groups excluding carboxylic acids is 2. The normalized spacial score (nSPS) is 15.4. The fourth-order valence-corrected chi connectivity index (χ4v) is 2.29. The van der Waals surface area contributed by atoms with Gasteiger partial charge in [-0.05, 0) is 44.0 Å². The van der Waals surface area contributed by atoms with E-state index in [2.05, 4.69) is 0 Å². The zero-order chi connectivity index (χ0) is 17.4. The van der Waals surface area contributed by atoms with Gasteiger partial charge in [-0.3, -0.25) is 0 Å². The van der Waals surface area contributed by atoms with Gasteiger partial charge in [0.1, 0.15) is 0 Å². The monoisotopic (exact) mass is 334 g/mol. The Morgan fingerprint density at radius 2 is 1.88 bits per heavy atom. The van der Waals surface area contributed by atoms with Crippen molar-refractivity contribution < 1.29 is 28.5 Å². The molecule has 1 aliphatic heterocycles. The van der Waals surface area contributed by atoms with Crippen LogP contribution < -0.4 is 0 Å². The molecule has 130 valence electrons. The first kappa shape index (κ1) is 18.2. The van der Waals surface area contributed by atoms with E-state index in [-0.39, 0.29) is 0 Å². The van der Waals surface area contributed by atoms with Crippen LogP contribution in [0.25, 0.3) is 6.08 Å². The van der Waals surface area contributed by atoms with Gasteiger partial charge in [0, 0.05) is 11.6 Å². The molecule has 0 unspecified atom stereocenters. The number of benzene rings is 1. The maximum atomic E-state index is 11.9. The molecule has 0 bridgehead atoms. The molecule has 2 rings (SSSR count). The van der Waals surface area contributed by atoms with E-state index in [0.29, 0.717) is 37.6 Å². The summed E-state index contributed by atoms with van der Waals surface area (Å²) in [4.78, 5) is 23.5. The maximum absolute atomic E-state index is 11.9. The average molecular weight is 334 g/mol. The van der Waals surface area contributed by atoms with E-state index in [1.165, 1.54) is 6.08 Å². The fourth-order valence-electron chi connectivity index (χ4n) is 2.29. The predicted molar refractivity (Wildman–Crippen MR) is 87.3 cm³/mol. The Kier molecular flexibility index (Phi) is 6.96. The molecule has 1 fully saturated rings. The molecule has 0 spiro atoms. The molecular weight excluding hydrogens is 312 g/mol. The maximum Gasteiger partial charge on any atom is 0.338 e. The third-order valence-corrected chi connectivity index (χ3v) is 3.36. The lowest BCUT2D eigenvalue weighted by molar-refractivity contribution is -0.183. The summed E-state index contributed by atoms with van der Waals surface area (Å²) < 4.78 is 21.2. The molecule has 6 nitrogen and oxygen atoms in total. The van der Waals surface area contributed by atoms with Crippen LogP contribution >= 0.6 is 0 Å². The van der Waals surface area contributed by atoms with Gasteiger partial charge in [0.15, 0.2) is 6.29 Å². The van der Waals surface area contributed by atoms with Crippen molar-refractivity contribution in [2.24, 2.45) is 0 Å². The van der Waals surface area contributed by atoms with Gasteiger partial charge >= 0.3 is 11.9 Å². The van der Waals surface area contributed by atoms with Gasteiger partial charge < -0.3 is 18.9 Å². The highest BCUT2D eigenvalue weighted by Crippen LogP contribution is 2.28. The van der Waals surface area contributed by atoms with E-state index in [1.807, 2.05) is 0 Å². The van der Waals surface area contributed by atoms with Crippen LogP contribution in [0.15, 0.2) is 24.3 Å². The van der Waals surface area contributed by atoms with E-state index in [1.54, 1.807) is 38.1 Å². The van der Waals surface area contributed by atoms with Crippen LogP contribution in [-0.4, -0.2) is 38.4 Å². The van der Waals surface area contributed by atoms with Gasteiger partial charge in [-0.2, -0.15) is 0 Å². The minimum absolute atomic E-state index is 0.301. The summed E-state index contributed by atoms with van der Waals surface area (Å²) in [7, 11) is 0. The molecule has 1 aliphatic rings. The molecule has 1 aromatic carbocycles. The first-order valence-electron chi connectivity index (χ1n) is 8.04. The van der Waals surface area contributed by atoms with Gasteiger partial charge in [-0.25, -0.2) is 9.59 Å². The standard InChI is InChI=1S/C18H22O6/c1-3-21-16(19)9-8-13-6-7-14(17(20)22-4-2)12-15(13)18-23-10-5-11-24-18/h6-9,12,18H,3-5,10-11H2,1-2H3. The second-order valence-corrected chi connectivity index (χ2v) is 5.08. The number of hydrogen-bond acceptors (Lipinski definition) is 6. The van der Waals surface area contributed by atoms with Gasteiger partial charge in [-0.1, -0.05) is 6.07 Å². The molecule has 1 saturated heterocycles.